The number of benzene rings is 2. The number of carbonyl (C=O) groups is 1. The molecule has 9 nitrogen and oxygen atoms in total. The highest BCUT2D eigenvalue weighted by Crippen LogP contribution is 2.25. The van der Waals surface area contributed by atoms with Crippen LogP contribution in [0.15, 0.2) is 41.5 Å². The second-order valence-electron chi connectivity index (χ2n) is 5.66. The molecule has 0 aliphatic carbocycles. The van der Waals surface area contributed by atoms with Crippen LogP contribution in [0.1, 0.15) is 11.1 Å². The molecule has 0 radical (unpaired) electrons. The third kappa shape index (κ3) is 5.39. The second-order valence-corrected chi connectivity index (χ2v) is 6.50. The molecule has 150 valence electrons. The van der Waals surface area contributed by atoms with Crippen molar-refractivity contribution in [3.8, 4) is 5.75 Å². The Morgan fingerprint density at radius 2 is 2.17 bits per heavy atom. The maximum atomic E-state index is 13.9. The van der Waals surface area contributed by atoms with Crippen molar-refractivity contribution in [2.24, 2.45) is 5.10 Å². The monoisotopic (exact) mass is 437 g/mol. The Kier molecular flexibility index (Phi) is 6.57. The summed E-state index contributed by atoms with van der Waals surface area (Å²) in [5.74, 6) is -0.600. The summed E-state index contributed by atoms with van der Waals surface area (Å²) >= 11 is 12.0. The zero-order valence-corrected chi connectivity index (χ0v) is 16.2. The van der Waals surface area contributed by atoms with Gasteiger partial charge in [-0.3, -0.25) is 4.79 Å². The van der Waals surface area contributed by atoms with Crippen LogP contribution in [0, 0.1) is 5.82 Å². The van der Waals surface area contributed by atoms with Crippen molar-refractivity contribution in [2.45, 2.75) is 13.2 Å². The molecule has 1 heterocycles. The number of halogens is 3. The average molecular weight is 438 g/mol. The molecule has 0 aliphatic rings. The van der Waals surface area contributed by atoms with Crippen molar-refractivity contribution in [1.29, 1.82) is 0 Å². The van der Waals surface area contributed by atoms with Crippen molar-refractivity contribution in [3.63, 3.8) is 0 Å². The molecule has 0 aliphatic heterocycles. The van der Waals surface area contributed by atoms with Gasteiger partial charge in [0.25, 0.3) is 5.91 Å². The number of hydrazone groups is 1. The summed E-state index contributed by atoms with van der Waals surface area (Å²) in [4.78, 5) is 11.9. The average Bonchev–Trinajstić information content (AvgIpc) is 3.07. The Balaban J connectivity index is 1.67. The minimum atomic E-state index is -0.497. The van der Waals surface area contributed by atoms with Gasteiger partial charge >= 0.3 is 0 Å². The number of nitrogen functional groups attached to an aromatic ring is 1. The Hall–Kier alpha value is -3.24. The van der Waals surface area contributed by atoms with Gasteiger partial charge in [-0.25, -0.2) is 14.5 Å². The number of anilines is 1. The molecule has 2 aromatic carbocycles. The number of nitrogens with two attached hydrogens (primary N) is 1. The number of hydrogen-bond donors (Lipinski definition) is 2. The standard InChI is InChI=1S/C17H14Cl2FN7O2/c18-11-4-5-15(29-9-12-13(19)2-1-3-14(12)20)10(6-11)7-22-23-16(28)8-27-17(21)24-25-26-27/h1-7H,8-9H2,(H,23,28)(H2,21,24,26). The Morgan fingerprint density at radius 1 is 1.34 bits per heavy atom. The van der Waals surface area contributed by atoms with Crippen LogP contribution in [0.5, 0.6) is 5.75 Å². The maximum absolute atomic E-state index is 13.9. The fraction of sp³-hybridized carbons (Fsp3) is 0.118. The molecule has 0 spiro atoms. The zero-order chi connectivity index (χ0) is 20.8. The lowest BCUT2D eigenvalue weighted by atomic mass is 10.2. The van der Waals surface area contributed by atoms with E-state index < -0.39 is 11.7 Å². The van der Waals surface area contributed by atoms with E-state index >= 15 is 0 Å². The first-order valence-corrected chi connectivity index (χ1v) is 8.88. The van der Waals surface area contributed by atoms with Gasteiger partial charge in [-0.15, -0.1) is 0 Å². The maximum Gasteiger partial charge on any atom is 0.261 e. The fourth-order valence-corrected chi connectivity index (χ4v) is 2.64. The number of rotatable bonds is 7. The summed E-state index contributed by atoms with van der Waals surface area (Å²) < 4.78 is 20.7. The Bertz CT molecular complexity index is 1040. The van der Waals surface area contributed by atoms with Gasteiger partial charge in [0.2, 0.25) is 5.95 Å². The molecule has 0 unspecified atom stereocenters. The van der Waals surface area contributed by atoms with Crippen LogP contribution in [-0.4, -0.2) is 32.3 Å². The third-order valence-corrected chi connectivity index (χ3v) is 4.24. The van der Waals surface area contributed by atoms with E-state index in [1.165, 1.54) is 18.3 Å². The molecular formula is C17H14Cl2FN7O2. The highest BCUT2D eigenvalue weighted by atomic mass is 35.5. The van der Waals surface area contributed by atoms with Crippen molar-refractivity contribution >= 4 is 41.3 Å². The molecular weight excluding hydrogens is 424 g/mol. The first-order valence-electron chi connectivity index (χ1n) is 8.13. The number of aromatic nitrogens is 4. The van der Waals surface area contributed by atoms with Crippen molar-refractivity contribution in [1.82, 2.24) is 25.6 Å². The van der Waals surface area contributed by atoms with Gasteiger partial charge in [-0.1, -0.05) is 34.4 Å². The minimum Gasteiger partial charge on any atom is -0.488 e. The van der Waals surface area contributed by atoms with Crippen LogP contribution in [0.25, 0.3) is 0 Å². The van der Waals surface area contributed by atoms with E-state index in [0.717, 1.165) is 4.68 Å². The summed E-state index contributed by atoms with van der Waals surface area (Å²) in [5, 5.41) is 14.9. The molecule has 12 heteroatoms. The molecule has 3 N–H and O–H groups in total. The first kappa shape index (κ1) is 20.5. The van der Waals surface area contributed by atoms with Crippen molar-refractivity contribution in [2.75, 3.05) is 5.73 Å². The van der Waals surface area contributed by atoms with E-state index in [1.54, 1.807) is 24.3 Å². The molecule has 29 heavy (non-hydrogen) atoms. The zero-order valence-electron chi connectivity index (χ0n) is 14.7. The van der Waals surface area contributed by atoms with Crippen LogP contribution < -0.4 is 15.9 Å². The molecule has 1 aromatic heterocycles. The Morgan fingerprint density at radius 3 is 2.90 bits per heavy atom. The predicted octanol–water partition coefficient (Wildman–Crippen LogP) is 2.43. The van der Waals surface area contributed by atoms with Gasteiger partial charge < -0.3 is 10.5 Å². The molecule has 0 saturated carbocycles. The lowest BCUT2D eigenvalue weighted by Gasteiger charge is -2.11. The molecule has 0 bridgehead atoms. The number of carbonyl (C=O) groups excluding carboxylic acids is 1. The van der Waals surface area contributed by atoms with E-state index in [-0.39, 0.29) is 29.7 Å². The molecule has 0 fully saturated rings. The van der Waals surface area contributed by atoms with E-state index in [0.29, 0.717) is 16.3 Å². The van der Waals surface area contributed by atoms with E-state index in [1.807, 2.05) is 0 Å². The normalized spacial score (nSPS) is 11.0. The summed E-state index contributed by atoms with van der Waals surface area (Å²) in [5.41, 5.74) is 8.49. The summed E-state index contributed by atoms with van der Waals surface area (Å²) in [6, 6.07) is 9.16. The van der Waals surface area contributed by atoms with Gasteiger partial charge in [-0.05, 0) is 40.8 Å². The summed E-state index contributed by atoms with van der Waals surface area (Å²) in [7, 11) is 0. The summed E-state index contributed by atoms with van der Waals surface area (Å²) in [6.45, 7) is -0.306. The second kappa shape index (κ2) is 9.30. The molecule has 3 aromatic rings. The SMILES string of the molecule is Nc1nnnn1CC(=O)NN=Cc1cc(Cl)ccc1OCc1c(F)cccc1Cl. The number of hydrogen-bond acceptors (Lipinski definition) is 7. The lowest BCUT2D eigenvalue weighted by Crippen LogP contribution is -2.24. The fourth-order valence-electron chi connectivity index (χ4n) is 2.24. The van der Waals surface area contributed by atoms with Gasteiger partial charge in [0, 0.05) is 16.1 Å². The van der Waals surface area contributed by atoms with Crippen LogP contribution in [-0.2, 0) is 17.9 Å². The highest BCUT2D eigenvalue weighted by Gasteiger charge is 2.10. The molecule has 0 saturated heterocycles. The van der Waals surface area contributed by atoms with Gasteiger partial charge in [0.1, 0.15) is 24.7 Å². The third-order valence-electron chi connectivity index (χ3n) is 3.65. The molecule has 1 amide bonds. The quantitative estimate of drug-likeness (QED) is 0.432. The van der Waals surface area contributed by atoms with Crippen LogP contribution in [0.3, 0.4) is 0 Å². The lowest BCUT2D eigenvalue weighted by molar-refractivity contribution is -0.121. The summed E-state index contributed by atoms with van der Waals surface area (Å²) in [6.07, 6.45) is 1.34. The van der Waals surface area contributed by atoms with Crippen LogP contribution in [0.4, 0.5) is 10.3 Å². The smallest absolute Gasteiger partial charge is 0.261 e. The van der Waals surface area contributed by atoms with Crippen LogP contribution >= 0.6 is 23.2 Å². The largest absolute Gasteiger partial charge is 0.488 e. The molecule has 0 atom stereocenters. The number of tetrazole rings is 1. The van der Waals surface area contributed by atoms with E-state index in [9.17, 15) is 9.18 Å². The van der Waals surface area contributed by atoms with Crippen molar-refractivity contribution < 1.29 is 13.9 Å². The molecule has 3 rings (SSSR count). The Labute approximate surface area is 174 Å². The van der Waals surface area contributed by atoms with E-state index in [2.05, 4.69) is 26.1 Å². The topological polar surface area (TPSA) is 120 Å². The van der Waals surface area contributed by atoms with Crippen LogP contribution in [0.2, 0.25) is 10.0 Å². The number of nitrogens with one attached hydrogen (secondary N) is 1. The van der Waals surface area contributed by atoms with Gasteiger partial charge in [0.15, 0.2) is 0 Å². The van der Waals surface area contributed by atoms with Crippen molar-refractivity contribution in [3.05, 3.63) is 63.4 Å². The number of nitrogens with zero attached hydrogens (tertiary/aromatic N) is 5. The van der Waals surface area contributed by atoms with Gasteiger partial charge in [-0.2, -0.15) is 5.10 Å². The van der Waals surface area contributed by atoms with E-state index in [4.69, 9.17) is 33.7 Å². The predicted molar refractivity (Wildman–Crippen MR) is 105 cm³/mol. The number of ether oxygens (including phenoxy) is 1. The number of amides is 1. The minimum absolute atomic E-state index is 0.00135. The van der Waals surface area contributed by atoms with Gasteiger partial charge in [0.05, 0.1) is 11.2 Å². The highest BCUT2D eigenvalue weighted by molar-refractivity contribution is 6.31. The first-order chi connectivity index (χ1) is 13.9.